The molecular formula is C22H28N6O4S. The van der Waals surface area contributed by atoms with Crippen LogP contribution in [0.15, 0.2) is 18.5 Å². The van der Waals surface area contributed by atoms with Gasteiger partial charge < -0.3 is 30.7 Å². The predicted molar refractivity (Wildman–Crippen MR) is 125 cm³/mol. The lowest BCUT2D eigenvalue weighted by atomic mass is 10.1. The molecule has 0 bridgehead atoms. The van der Waals surface area contributed by atoms with Gasteiger partial charge in [-0.3, -0.25) is 4.98 Å². The zero-order chi connectivity index (χ0) is 22.9. The van der Waals surface area contributed by atoms with Crippen LogP contribution in [0.4, 0.5) is 11.8 Å². The van der Waals surface area contributed by atoms with Crippen LogP contribution in [0.1, 0.15) is 25.0 Å². The van der Waals surface area contributed by atoms with Crippen LogP contribution in [0.3, 0.4) is 0 Å². The number of nitrogens with one attached hydrogen (secondary N) is 2. The Morgan fingerprint density at radius 3 is 2.67 bits per heavy atom. The second-order valence-electron chi connectivity index (χ2n) is 8.66. The monoisotopic (exact) mass is 472 g/mol. The molecule has 0 spiro atoms. The summed E-state index contributed by atoms with van der Waals surface area (Å²) in [5.41, 5.74) is 2.30. The predicted octanol–water partition coefficient (Wildman–Crippen LogP) is 1.56. The fourth-order valence-electron chi connectivity index (χ4n) is 4.53. The summed E-state index contributed by atoms with van der Waals surface area (Å²) in [6.45, 7) is 3.13. The first-order valence-electron chi connectivity index (χ1n) is 11.2. The van der Waals surface area contributed by atoms with Crippen LogP contribution in [0.5, 0.6) is 0 Å². The van der Waals surface area contributed by atoms with E-state index in [9.17, 15) is 15.3 Å². The summed E-state index contributed by atoms with van der Waals surface area (Å²) in [5.74, 6) is 0.649. The molecule has 4 heterocycles. The number of rotatable bonds is 6. The van der Waals surface area contributed by atoms with E-state index in [0.29, 0.717) is 31.4 Å². The molecule has 0 aromatic carbocycles. The summed E-state index contributed by atoms with van der Waals surface area (Å²) in [6, 6.07) is 1.68. The topological polar surface area (TPSA) is 146 Å². The van der Waals surface area contributed by atoms with Crippen molar-refractivity contribution in [1.82, 2.24) is 19.9 Å². The van der Waals surface area contributed by atoms with Crippen LogP contribution in [-0.2, 0) is 4.74 Å². The minimum atomic E-state index is -1.02. The molecule has 11 heteroatoms. The smallest absolute Gasteiger partial charge is 0.225 e. The molecule has 5 N–H and O–H groups in total. The van der Waals surface area contributed by atoms with Crippen LogP contribution in [0, 0.1) is 12.8 Å². The highest BCUT2D eigenvalue weighted by Gasteiger charge is 2.41. The number of hydrogen-bond acceptors (Lipinski definition) is 11. The number of thiazole rings is 1. The molecule has 10 nitrogen and oxygen atoms in total. The van der Waals surface area contributed by atoms with Crippen molar-refractivity contribution in [2.75, 3.05) is 30.5 Å². The molecule has 0 unspecified atom stereocenters. The highest BCUT2D eigenvalue weighted by atomic mass is 32.1. The SMILES string of the molecule is Cc1nc(NC2CCOCC2)nc(N[C@@H]2C[C@H](CO)[C@@H](O)[C@H]2O)c1-c1nc2cnccc2s1. The molecule has 3 aromatic heterocycles. The average Bonchev–Trinajstić information content (AvgIpc) is 3.35. The van der Waals surface area contributed by atoms with Gasteiger partial charge in [-0.05, 0) is 32.3 Å². The minimum Gasteiger partial charge on any atom is -0.396 e. The highest BCUT2D eigenvalue weighted by molar-refractivity contribution is 7.21. The van der Waals surface area contributed by atoms with Crippen molar-refractivity contribution in [2.45, 2.75) is 50.5 Å². The van der Waals surface area contributed by atoms with Crippen LogP contribution < -0.4 is 10.6 Å². The molecule has 0 radical (unpaired) electrons. The fraction of sp³-hybridized carbons (Fsp3) is 0.545. The number of fused-ring (bicyclic) bond motifs is 1. The van der Waals surface area contributed by atoms with Gasteiger partial charge in [0.25, 0.3) is 0 Å². The first-order chi connectivity index (χ1) is 16.0. The molecule has 33 heavy (non-hydrogen) atoms. The summed E-state index contributed by atoms with van der Waals surface area (Å²) in [7, 11) is 0. The second kappa shape index (κ2) is 9.43. The third kappa shape index (κ3) is 4.51. The van der Waals surface area contributed by atoms with E-state index in [4.69, 9.17) is 19.7 Å². The Morgan fingerprint density at radius 1 is 1.12 bits per heavy atom. The fourth-order valence-corrected chi connectivity index (χ4v) is 5.56. The Balaban J connectivity index is 1.52. The van der Waals surface area contributed by atoms with Crippen molar-refractivity contribution in [1.29, 1.82) is 0 Å². The highest BCUT2D eigenvalue weighted by Crippen LogP contribution is 2.38. The number of aliphatic hydroxyl groups is 3. The molecule has 4 atom stereocenters. The van der Waals surface area contributed by atoms with E-state index in [1.54, 1.807) is 12.4 Å². The second-order valence-corrected chi connectivity index (χ2v) is 9.69. The molecule has 1 saturated carbocycles. The van der Waals surface area contributed by atoms with Crippen LogP contribution in [-0.4, -0.2) is 79.4 Å². The van der Waals surface area contributed by atoms with Gasteiger partial charge in [0, 0.05) is 38.0 Å². The van der Waals surface area contributed by atoms with E-state index in [2.05, 4.69) is 15.6 Å². The zero-order valence-electron chi connectivity index (χ0n) is 18.3. The summed E-state index contributed by atoms with van der Waals surface area (Å²) in [4.78, 5) is 18.4. The van der Waals surface area contributed by atoms with Crippen molar-refractivity contribution < 1.29 is 20.1 Å². The number of nitrogens with zero attached hydrogens (tertiary/aromatic N) is 4. The average molecular weight is 473 g/mol. The lowest BCUT2D eigenvalue weighted by molar-refractivity contribution is 0.00446. The standard InChI is InChI=1S/C22H28N6O4S/c1-11-17(21-27-15-9-23-5-2-16(15)33-21)20(26-14-8-12(10-29)18(30)19(14)31)28-22(24-11)25-13-3-6-32-7-4-13/h2,5,9,12-14,18-19,29-31H,3-4,6-8,10H2,1H3,(H2,24,25,26,28)/t12-,14-,18-,19+/m1/s1. The number of aryl methyl sites for hydroxylation is 1. The third-order valence-corrected chi connectivity index (χ3v) is 7.46. The van der Waals surface area contributed by atoms with Crippen molar-refractivity contribution in [2.24, 2.45) is 5.92 Å². The number of aromatic nitrogens is 4. The van der Waals surface area contributed by atoms with E-state index in [1.807, 2.05) is 13.0 Å². The quantitative estimate of drug-likeness (QED) is 0.358. The van der Waals surface area contributed by atoms with E-state index in [1.165, 1.54) is 11.3 Å². The van der Waals surface area contributed by atoms with Crippen molar-refractivity contribution in [3.05, 3.63) is 24.2 Å². The number of ether oxygens (including phenoxy) is 1. The lowest BCUT2D eigenvalue weighted by Crippen LogP contribution is -2.36. The van der Waals surface area contributed by atoms with Crippen molar-refractivity contribution >= 4 is 33.3 Å². The van der Waals surface area contributed by atoms with Crippen molar-refractivity contribution in [3.63, 3.8) is 0 Å². The number of anilines is 2. The summed E-state index contributed by atoms with van der Waals surface area (Å²) in [5, 5.41) is 37.9. The molecule has 2 fully saturated rings. The van der Waals surface area contributed by atoms with Gasteiger partial charge in [0.15, 0.2) is 0 Å². The van der Waals surface area contributed by atoms with Gasteiger partial charge in [-0.1, -0.05) is 0 Å². The maximum Gasteiger partial charge on any atom is 0.225 e. The number of hydrogen-bond donors (Lipinski definition) is 5. The molecule has 1 saturated heterocycles. The summed E-state index contributed by atoms with van der Waals surface area (Å²) >= 11 is 1.52. The van der Waals surface area contributed by atoms with Gasteiger partial charge >= 0.3 is 0 Å². The number of aliphatic hydroxyl groups excluding tert-OH is 3. The van der Waals surface area contributed by atoms with Gasteiger partial charge in [-0.15, -0.1) is 11.3 Å². The molecule has 0 amide bonds. The summed E-state index contributed by atoms with van der Waals surface area (Å²) < 4.78 is 6.45. The Labute approximate surface area is 195 Å². The molecule has 176 valence electrons. The van der Waals surface area contributed by atoms with Gasteiger partial charge in [0.2, 0.25) is 5.95 Å². The first-order valence-corrected chi connectivity index (χ1v) is 12.0. The Kier molecular flexibility index (Phi) is 6.39. The zero-order valence-corrected chi connectivity index (χ0v) is 19.1. The maximum absolute atomic E-state index is 10.6. The minimum absolute atomic E-state index is 0.187. The Bertz CT molecular complexity index is 1090. The summed E-state index contributed by atoms with van der Waals surface area (Å²) in [6.07, 6.45) is 3.63. The largest absolute Gasteiger partial charge is 0.396 e. The van der Waals surface area contributed by atoms with Crippen molar-refractivity contribution in [3.8, 4) is 10.6 Å². The van der Waals surface area contributed by atoms with Crippen LogP contribution >= 0.6 is 11.3 Å². The molecule has 1 aliphatic heterocycles. The maximum atomic E-state index is 10.6. The normalized spacial score (nSPS) is 26.1. The van der Waals surface area contributed by atoms with Crippen LogP contribution in [0.25, 0.3) is 20.8 Å². The van der Waals surface area contributed by atoms with E-state index >= 15 is 0 Å². The van der Waals surface area contributed by atoms with E-state index in [-0.39, 0.29) is 12.6 Å². The molecule has 2 aliphatic rings. The molecule has 5 rings (SSSR count). The Morgan fingerprint density at radius 2 is 1.94 bits per heavy atom. The van der Waals surface area contributed by atoms with Crippen LogP contribution in [0.2, 0.25) is 0 Å². The lowest BCUT2D eigenvalue weighted by Gasteiger charge is -2.25. The molecular weight excluding hydrogens is 444 g/mol. The van der Waals surface area contributed by atoms with Gasteiger partial charge in [-0.25, -0.2) is 9.97 Å². The van der Waals surface area contributed by atoms with Gasteiger partial charge in [0.1, 0.15) is 22.4 Å². The first kappa shape index (κ1) is 22.4. The van der Waals surface area contributed by atoms with E-state index in [0.717, 1.165) is 39.3 Å². The Hall–Kier alpha value is -2.44. The van der Waals surface area contributed by atoms with Gasteiger partial charge in [-0.2, -0.15) is 4.98 Å². The molecule has 3 aromatic rings. The van der Waals surface area contributed by atoms with E-state index < -0.39 is 24.2 Å². The number of pyridine rings is 1. The molecule has 1 aliphatic carbocycles. The third-order valence-electron chi connectivity index (χ3n) is 6.41. The van der Waals surface area contributed by atoms with Gasteiger partial charge in [0.05, 0.1) is 34.3 Å².